The van der Waals surface area contributed by atoms with Crippen LogP contribution in [-0.4, -0.2) is 4.98 Å². The lowest BCUT2D eigenvalue weighted by molar-refractivity contribution is 0.515. The summed E-state index contributed by atoms with van der Waals surface area (Å²) in [7, 11) is 0. The highest BCUT2D eigenvalue weighted by molar-refractivity contribution is 5.82. The van der Waals surface area contributed by atoms with Crippen LogP contribution in [0, 0.1) is 11.6 Å². The van der Waals surface area contributed by atoms with E-state index in [4.69, 9.17) is 5.84 Å². The molecular formula is C13H15F2N3. The van der Waals surface area contributed by atoms with Gasteiger partial charge in [0.2, 0.25) is 0 Å². The average Bonchev–Trinajstić information content (AvgIpc) is 2.31. The molecule has 0 spiro atoms. The summed E-state index contributed by atoms with van der Waals surface area (Å²) >= 11 is 0. The third-order valence-corrected chi connectivity index (χ3v) is 2.82. The third kappa shape index (κ3) is 2.01. The van der Waals surface area contributed by atoms with Crippen molar-refractivity contribution in [2.75, 3.05) is 5.43 Å². The van der Waals surface area contributed by atoms with Gasteiger partial charge >= 0.3 is 0 Å². The zero-order valence-corrected chi connectivity index (χ0v) is 10.5. The second-order valence-electron chi connectivity index (χ2n) is 5.21. The number of rotatable bonds is 1. The minimum absolute atomic E-state index is 0.0176. The molecule has 0 saturated carbocycles. The quantitative estimate of drug-likeness (QED) is 0.605. The zero-order chi connectivity index (χ0) is 13.5. The monoisotopic (exact) mass is 251 g/mol. The van der Waals surface area contributed by atoms with Gasteiger partial charge in [-0.25, -0.2) is 19.6 Å². The van der Waals surface area contributed by atoms with E-state index in [0.717, 1.165) is 11.6 Å². The van der Waals surface area contributed by atoms with Gasteiger partial charge in [-0.05, 0) is 23.6 Å². The number of anilines is 1. The number of hydrogen-bond donors (Lipinski definition) is 2. The van der Waals surface area contributed by atoms with E-state index in [1.165, 1.54) is 6.07 Å². The molecule has 3 N–H and O–H groups in total. The Morgan fingerprint density at radius 3 is 2.44 bits per heavy atom. The van der Waals surface area contributed by atoms with E-state index < -0.39 is 11.6 Å². The molecule has 2 rings (SSSR count). The minimum Gasteiger partial charge on any atom is -0.308 e. The molecule has 18 heavy (non-hydrogen) atoms. The van der Waals surface area contributed by atoms with E-state index in [1.54, 1.807) is 6.07 Å². The lowest BCUT2D eigenvalue weighted by atomic mass is 9.86. The fourth-order valence-electron chi connectivity index (χ4n) is 1.86. The molecule has 0 aliphatic rings. The van der Waals surface area contributed by atoms with Crippen molar-refractivity contribution in [3.63, 3.8) is 0 Å². The first-order chi connectivity index (χ1) is 8.34. The van der Waals surface area contributed by atoms with E-state index in [9.17, 15) is 8.78 Å². The first kappa shape index (κ1) is 12.7. The number of hydrazine groups is 1. The molecule has 0 aliphatic carbocycles. The van der Waals surface area contributed by atoms with Crippen LogP contribution < -0.4 is 11.3 Å². The summed E-state index contributed by atoms with van der Waals surface area (Å²) in [5.74, 6) is 3.89. The predicted molar refractivity (Wildman–Crippen MR) is 68.2 cm³/mol. The van der Waals surface area contributed by atoms with Crippen LogP contribution in [0.25, 0.3) is 10.9 Å². The number of hydrogen-bond acceptors (Lipinski definition) is 3. The average molecular weight is 251 g/mol. The number of fused-ring (bicyclic) bond motifs is 1. The maximum absolute atomic E-state index is 13.6. The van der Waals surface area contributed by atoms with E-state index in [1.807, 2.05) is 20.8 Å². The Balaban J connectivity index is 2.81. The number of nitrogen functional groups attached to an aromatic ring is 1. The molecule has 0 amide bonds. The van der Waals surface area contributed by atoms with Crippen LogP contribution in [0.5, 0.6) is 0 Å². The molecule has 0 bridgehead atoms. The van der Waals surface area contributed by atoms with Crippen LogP contribution in [0.4, 0.5) is 14.6 Å². The molecule has 0 aliphatic heterocycles. The van der Waals surface area contributed by atoms with Gasteiger partial charge < -0.3 is 5.43 Å². The van der Waals surface area contributed by atoms with Gasteiger partial charge in [-0.3, -0.25) is 0 Å². The molecular weight excluding hydrogens is 236 g/mol. The highest BCUT2D eigenvalue weighted by atomic mass is 19.2. The fourth-order valence-corrected chi connectivity index (χ4v) is 1.86. The summed E-state index contributed by atoms with van der Waals surface area (Å²) in [5, 5.41) is 0.554. The maximum atomic E-state index is 13.6. The lowest BCUT2D eigenvalue weighted by Gasteiger charge is -2.22. The van der Waals surface area contributed by atoms with Crippen molar-refractivity contribution in [1.82, 2.24) is 4.98 Å². The van der Waals surface area contributed by atoms with Crippen LogP contribution in [0.2, 0.25) is 0 Å². The number of halogens is 2. The van der Waals surface area contributed by atoms with Gasteiger partial charge in [0.05, 0.1) is 0 Å². The van der Waals surface area contributed by atoms with E-state index >= 15 is 0 Å². The first-order valence-corrected chi connectivity index (χ1v) is 5.60. The van der Waals surface area contributed by atoms with E-state index in [0.29, 0.717) is 11.2 Å². The summed E-state index contributed by atoms with van der Waals surface area (Å²) in [6.45, 7) is 5.99. The van der Waals surface area contributed by atoms with Crippen molar-refractivity contribution < 1.29 is 8.78 Å². The summed E-state index contributed by atoms with van der Waals surface area (Å²) in [6.07, 6.45) is 0. The second-order valence-corrected chi connectivity index (χ2v) is 5.21. The van der Waals surface area contributed by atoms with Gasteiger partial charge in [-0.1, -0.05) is 20.8 Å². The van der Waals surface area contributed by atoms with E-state index in [-0.39, 0.29) is 10.9 Å². The van der Waals surface area contributed by atoms with E-state index in [2.05, 4.69) is 10.4 Å². The zero-order valence-electron chi connectivity index (χ0n) is 10.5. The molecule has 3 nitrogen and oxygen atoms in total. The van der Waals surface area contributed by atoms with Gasteiger partial charge in [-0.15, -0.1) is 0 Å². The summed E-state index contributed by atoms with van der Waals surface area (Å²) in [6, 6.07) is 4.39. The predicted octanol–water partition coefficient (Wildman–Crippen LogP) is 3.10. The van der Waals surface area contributed by atoms with Crippen molar-refractivity contribution in [1.29, 1.82) is 0 Å². The van der Waals surface area contributed by atoms with Crippen LogP contribution in [-0.2, 0) is 5.41 Å². The molecule has 1 aromatic carbocycles. The van der Waals surface area contributed by atoms with Crippen molar-refractivity contribution in [3.8, 4) is 0 Å². The normalized spacial score (nSPS) is 11.9. The molecule has 96 valence electrons. The smallest absolute Gasteiger partial charge is 0.185 e. The van der Waals surface area contributed by atoms with Crippen LogP contribution in [0.3, 0.4) is 0 Å². The number of nitrogens with one attached hydrogen (secondary N) is 1. The Morgan fingerprint density at radius 2 is 1.89 bits per heavy atom. The molecule has 0 saturated heterocycles. The third-order valence-electron chi connectivity index (χ3n) is 2.82. The highest BCUT2D eigenvalue weighted by Gasteiger charge is 2.21. The van der Waals surface area contributed by atoms with Crippen molar-refractivity contribution in [2.24, 2.45) is 5.84 Å². The molecule has 0 unspecified atom stereocenters. The highest BCUT2D eigenvalue weighted by Crippen LogP contribution is 2.31. The Hall–Kier alpha value is -1.75. The van der Waals surface area contributed by atoms with Gasteiger partial charge in [0.25, 0.3) is 0 Å². The molecule has 1 aromatic heterocycles. The van der Waals surface area contributed by atoms with Crippen molar-refractivity contribution in [3.05, 3.63) is 35.4 Å². The van der Waals surface area contributed by atoms with Gasteiger partial charge in [0.15, 0.2) is 11.6 Å². The second kappa shape index (κ2) is 4.17. The number of nitrogens with two attached hydrogens (primary N) is 1. The topological polar surface area (TPSA) is 50.9 Å². The Bertz CT molecular complexity index is 603. The van der Waals surface area contributed by atoms with Gasteiger partial charge in [0, 0.05) is 10.9 Å². The number of pyridine rings is 1. The summed E-state index contributed by atoms with van der Waals surface area (Å²) in [4.78, 5) is 4.07. The Labute approximate surface area is 104 Å². The van der Waals surface area contributed by atoms with Crippen molar-refractivity contribution in [2.45, 2.75) is 26.2 Å². The molecule has 2 aromatic rings. The molecule has 0 radical (unpaired) electrons. The molecule has 0 atom stereocenters. The molecule has 5 heteroatoms. The fraction of sp³-hybridized carbons (Fsp3) is 0.308. The molecule has 1 heterocycles. The summed E-state index contributed by atoms with van der Waals surface area (Å²) < 4.78 is 26.8. The Morgan fingerprint density at radius 1 is 1.22 bits per heavy atom. The number of aromatic nitrogens is 1. The Kier molecular flexibility index (Phi) is 2.94. The largest absolute Gasteiger partial charge is 0.308 e. The van der Waals surface area contributed by atoms with Crippen LogP contribution in [0.1, 0.15) is 26.3 Å². The first-order valence-electron chi connectivity index (χ1n) is 5.60. The SMILES string of the molecule is CC(C)(C)c1cc2ccc(F)c(F)c2nc1NN. The van der Waals surface area contributed by atoms with Crippen LogP contribution in [0.15, 0.2) is 18.2 Å². The molecule has 0 fully saturated rings. The summed E-state index contributed by atoms with van der Waals surface area (Å²) in [5.41, 5.74) is 3.07. The van der Waals surface area contributed by atoms with Crippen molar-refractivity contribution >= 4 is 16.7 Å². The minimum atomic E-state index is -0.954. The van der Waals surface area contributed by atoms with Gasteiger partial charge in [0.1, 0.15) is 11.3 Å². The standard InChI is InChI=1S/C13H15F2N3/c1-13(2,3)8-6-7-4-5-9(14)10(15)11(7)17-12(8)18-16/h4-6H,16H2,1-3H3,(H,17,18). The van der Waals surface area contributed by atoms with Crippen LogP contribution >= 0.6 is 0 Å². The maximum Gasteiger partial charge on any atom is 0.185 e. The van der Waals surface area contributed by atoms with Gasteiger partial charge in [-0.2, -0.15) is 0 Å². The lowest BCUT2D eigenvalue weighted by Crippen LogP contribution is -2.19. The number of nitrogens with zero attached hydrogens (tertiary/aromatic N) is 1. The number of benzene rings is 1.